The van der Waals surface area contributed by atoms with Crippen LogP contribution in [0.25, 0.3) is 0 Å². The molecular formula is C28H30Cl3N3O4S. The molecule has 0 aliphatic rings. The summed E-state index contributed by atoms with van der Waals surface area (Å²) in [4.78, 5) is 28.2. The van der Waals surface area contributed by atoms with Crippen LogP contribution in [0.4, 0.5) is 5.69 Å². The largest absolute Gasteiger partial charge is 0.354 e. The number of anilines is 1. The Morgan fingerprint density at radius 3 is 2.05 bits per heavy atom. The lowest BCUT2D eigenvalue weighted by molar-refractivity contribution is -0.139. The van der Waals surface area contributed by atoms with Gasteiger partial charge in [0.1, 0.15) is 12.6 Å². The molecule has 0 spiro atoms. The van der Waals surface area contributed by atoms with Crippen molar-refractivity contribution in [3.63, 3.8) is 0 Å². The third-order valence-electron chi connectivity index (χ3n) is 5.90. The zero-order valence-corrected chi connectivity index (χ0v) is 24.9. The third-order valence-corrected chi connectivity index (χ3v) is 8.49. The predicted octanol–water partition coefficient (Wildman–Crippen LogP) is 6.03. The second-order valence-corrected chi connectivity index (χ2v) is 12.5. The molecule has 3 aromatic rings. The summed E-state index contributed by atoms with van der Waals surface area (Å²) in [5.74, 6) is -0.780. The highest BCUT2D eigenvalue weighted by molar-refractivity contribution is 7.92. The van der Waals surface area contributed by atoms with E-state index >= 15 is 0 Å². The highest BCUT2D eigenvalue weighted by Gasteiger charge is 2.33. The van der Waals surface area contributed by atoms with Crippen LogP contribution >= 0.6 is 34.8 Å². The summed E-state index contributed by atoms with van der Waals surface area (Å²) in [6.07, 6.45) is 0. The normalized spacial score (nSPS) is 12.2. The quantitative estimate of drug-likeness (QED) is 0.287. The second kappa shape index (κ2) is 13.5. The summed E-state index contributed by atoms with van der Waals surface area (Å²) >= 11 is 18.8. The van der Waals surface area contributed by atoms with Crippen LogP contribution in [0, 0.1) is 5.92 Å². The molecule has 0 aliphatic carbocycles. The molecule has 208 valence electrons. The third kappa shape index (κ3) is 8.11. The molecule has 3 aromatic carbocycles. The van der Waals surface area contributed by atoms with Crippen LogP contribution in [0.5, 0.6) is 0 Å². The number of benzene rings is 3. The first kappa shape index (κ1) is 30.8. The number of halogens is 3. The smallest absolute Gasteiger partial charge is 0.264 e. The highest BCUT2D eigenvalue weighted by Crippen LogP contribution is 2.30. The maximum atomic E-state index is 13.9. The monoisotopic (exact) mass is 609 g/mol. The number of rotatable bonds is 11. The van der Waals surface area contributed by atoms with Gasteiger partial charge in [0.15, 0.2) is 0 Å². The topological polar surface area (TPSA) is 86.8 Å². The van der Waals surface area contributed by atoms with Crippen molar-refractivity contribution in [1.82, 2.24) is 10.2 Å². The van der Waals surface area contributed by atoms with Crippen LogP contribution in [0.3, 0.4) is 0 Å². The Bertz CT molecular complexity index is 1400. The van der Waals surface area contributed by atoms with Gasteiger partial charge in [0.2, 0.25) is 11.8 Å². The SMILES string of the molecule is CC(C)CNC(=O)[C@H](C)N(Cc1ccccc1Cl)C(=O)CN(c1cc(Cl)cc(Cl)c1)S(=O)(=O)c1ccccc1. The van der Waals surface area contributed by atoms with Crippen LogP contribution in [0.1, 0.15) is 26.3 Å². The molecule has 0 bridgehead atoms. The Hall–Kier alpha value is -2.78. The number of amides is 2. The van der Waals surface area contributed by atoms with Crippen LogP contribution in [-0.2, 0) is 26.2 Å². The number of nitrogens with one attached hydrogen (secondary N) is 1. The zero-order chi connectivity index (χ0) is 28.7. The van der Waals surface area contributed by atoms with Gasteiger partial charge in [-0.05, 0) is 54.8 Å². The lowest BCUT2D eigenvalue weighted by Gasteiger charge is -2.32. The van der Waals surface area contributed by atoms with Crippen molar-refractivity contribution in [3.05, 3.63) is 93.4 Å². The second-order valence-electron chi connectivity index (χ2n) is 9.38. The minimum absolute atomic E-state index is 0.00962. The summed E-state index contributed by atoms with van der Waals surface area (Å²) in [6, 6.07) is 18.1. The fourth-order valence-corrected chi connectivity index (χ4v) is 5.91. The van der Waals surface area contributed by atoms with E-state index in [-0.39, 0.29) is 39.0 Å². The molecule has 0 unspecified atom stereocenters. The Labute approximate surface area is 244 Å². The lowest BCUT2D eigenvalue weighted by atomic mass is 10.1. The molecule has 1 atom stereocenters. The number of carbonyl (C=O) groups excluding carboxylic acids is 2. The number of hydrogen-bond acceptors (Lipinski definition) is 4. The maximum Gasteiger partial charge on any atom is 0.264 e. The number of hydrogen-bond donors (Lipinski definition) is 1. The molecular weight excluding hydrogens is 581 g/mol. The van der Waals surface area contributed by atoms with Crippen molar-refractivity contribution in [2.75, 3.05) is 17.4 Å². The molecule has 0 saturated carbocycles. The Balaban J connectivity index is 2.04. The predicted molar refractivity (Wildman–Crippen MR) is 157 cm³/mol. The van der Waals surface area contributed by atoms with Crippen molar-refractivity contribution in [1.29, 1.82) is 0 Å². The van der Waals surface area contributed by atoms with Gasteiger partial charge in [-0.2, -0.15) is 0 Å². The van der Waals surface area contributed by atoms with Gasteiger partial charge in [0.05, 0.1) is 10.6 Å². The van der Waals surface area contributed by atoms with Crippen molar-refractivity contribution in [2.45, 2.75) is 38.3 Å². The van der Waals surface area contributed by atoms with E-state index in [9.17, 15) is 18.0 Å². The van der Waals surface area contributed by atoms with Crippen LogP contribution in [-0.4, -0.2) is 44.3 Å². The molecule has 0 aromatic heterocycles. The van der Waals surface area contributed by atoms with Crippen molar-refractivity contribution < 1.29 is 18.0 Å². The van der Waals surface area contributed by atoms with Crippen molar-refractivity contribution in [2.24, 2.45) is 5.92 Å². The summed E-state index contributed by atoms with van der Waals surface area (Å²) < 4.78 is 28.5. The first-order chi connectivity index (χ1) is 18.4. The van der Waals surface area contributed by atoms with Gasteiger partial charge in [0.25, 0.3) is 10.0 Å². The minimum Gasteiger partial charge on any atom is -0.354 e. The van der Waals surface area contributed by atoms with Crippen LogP contribution in [0.2, 0.25) is 15.1 Å². The van der Waals surface area contributed by atoms with E-state index < -0.39 is 28.5 Å². The Morgan fingerprint density at radius 1 is 0.872 bits per heavy atom. The first-order valence-electron chi connectivity index (χ1n) is 12.2. The fourth-order valence-electron chi connectivity index (χ4n) is 3.78. The molecule has 0 fully saturated rings. The molecule has 7 nitrogen and oxygen atoms in total. The van der Waals surface area contributed by atoms with E-state index in [1.165, 1.54) is 35.2 Å². The first-order valence-corrected chi connectivity index (χ1v) is 14.8. The fraction of sp³-hybridized carbons (Fsp3) is 0.286. The number of nitrogens with zero attached hydrogens (tertiary/aromatic N) is 2. The van der Waals surface area contributed by atoms with Crippen LogP contribution < -0.4 is 9.62 Å². The standard InChI is InChI=1S/C28H30Cl3N3O4S/c1-19(2)16-32-28(36)20(3)33(17-21-9-7-8-12-26(21)31)27(35)18-34(24-14-22(29)13-23(30)15-24)39(37,38)25-10-5-4-6-11-25/h4-15,19-20H,16-18H2,1-3H3,(H,32,36)/t20-/m0/s1. The molecule has 2 amide bonds. The van der Waals surface area contributed by atoms with E-state index in [0.29, 0.717) is 17.1 Å². The summed E-state index contributed by atoms with van der Waals surface area (Å²) in [6.45, 7) is 5.31. The van der Waals surface area contributed by atoms with Gasteiger partial charge in [-0.25, -0.2) is 8.42 Å². The molecule has 3 rings (SSSR count). The van der Waals surface area contributed by atoms with Gasteiger partial charge in [-0.3, -0.25) is 13.9 Å². The highest BCUT2D eigenvalue weighted by atomic mass is 35.5. The molecule has 0 heterocycles. The average Bonchev–Trinajstić information content (AvgIpc) is 2.89. The summed E-state index contributed by atoms with van der Waals surface area (Å²) in [5.41, 5.74) is 0.721. The molecule has 39 heavy (non-hydrogen) atoms. The minimum atomic E-state index is -4.22. The van der Waals surface area contributed by atoms with E-state index in [1.54, 1.807) is 49.4 Å². The molecule has 0 radical (unpaired) electrons. The average molecular weight is 611 g/mol. The molecule has 0 saturated heterocycles. The maximum absolute atomic E-state index is 13.9. The molecule has 0 aliphatic heterocycles. The van der Waals surface area contributed by atoms with Gasteiger partial charge in [-0.1, -0.05) is 85.0 Å². The lowest BCUT2D eigenvalue weighted by Crippen LogP contribution is -2.51. The van der Waals surface area contributed by atoms with E-state index in [0.717, 1.165) is 4.31 Å². The van der Waals surface area contributed by atoms with E-state index in [2.05, 4.69) is 5.32 Å². The van der Waals surface area contributed by atoms with Crippen molar-refractivity contribution in [3.8, 4) is 0 Å². The zero-order valence-electron chi connectivity index (χ0n) is 21.8. The molecule has 1 N–H and O–H groups in total. The van der Waals surface area contributed by atoms with Gasteiger partial charge >= 0.3 is 0 Å². The number of carbonyl (C=O) groups is 2. The van der Waals surface area contributed by atoms with Gasteiger partial charge in [-0.15, -0.1) is 0 Å². The van der Waals surface area contributed by atoms with E-state index in [4.69, 9.17) is 34.8 Å². The number of sulfonamides is 1. The van der Waals surface area contributed by atoms with Crippen molar-refractivity contribution >= 4 is 62.3 Å². The van der Waals surface area contributed by atoms with Gasteiger partial charge < -0.3 is 10.2 Å². The van der Waals surface area contributed by atoms with E-state index in [1.807, 2.05) is 13.8 Å². The summed E-state index contributed by atoms with van der Waals surface area (Å²) in [7, 11) is -4.22. The Morgan fingerprint density at radius 2 is 1.46 bits per heavy atom. The van der Waals surface area contributed by atoms with Crippen LogP contribution in [0.15, 0.2) is 77.7 Å². The molecule has 11 heteroatoms. The van der Waals surface area contributed by atoms with Gasteiger partial charge in [0, 0.05) is 28.2 Å². The Kier molecular flexibility index (Phi) is 10.7. The summed E-state index contributed by atoms with van der Waals surface area (Å²) in [5, 5.41) is 3.66.